The number of phosphoric acid groups is 2. The molecule has 0 bridgehead atoms. The van der Waals surface area contributed by atoms with Crippen LogP contribution in [0.15, 0.2) is 0 Å². The molecule has 0 aliphatic carbocycles. The third-order valence-corrected chi connectivity index (χ3v) is 21.5. The first-order chi connectivity index (χ1) is 48.9. The first-order valence-electron chi connectivity index (χ1n) is 42.5. The van der Waals surface area contributed by atoms with E-state index in [2.05, 4.69) is 41.5 Å². The van der Waals surface area contributed by atoms with Gasteiger partial charge in [0.25, 0.3) is 0 Å². The van der Waals surface area contributed by atoms with E-state index in [1.54, 1.807) is 0 Å². The van der Waals surface area contributed by atoms with E-state index >= 15 is 0 Å². The molecule has 0 aliphatic rings. The van der Waals surface area contributed by atoms with Gasteiger partial charge < -0.3 is 33.8 Å². The predicted molar refractivity (Wildman–Crippen MR) is 414 cm³/mol. The van der Waals surface area contributed by atoms with Crippen LogP contribution >= 0.6 is 15.6 Å². The molecule has 3 N–H and O–H groups in total. The van der Waals surface area contributed by atoms with Crippen molar-refractivity contribution in [1.82, 2.24) is 0 Å². The number of carbonyl (C=O) groups excluding carboxylic acids is 4. The van der Waals surface area contributed by atoms with Gasteiger partial charge in [0.05, 0.1) is 26.4 Å². The first-order valence-corrected chi connectivity index (χ1v) is 45.5. The number of aliphatic hydroxyl groups is 1. The molecule has 19 heteroatoms. The largest absolute Gasteiger partial charge is 0.472 e. The minimum absolute atomic E-state index is 0.108. The Balaban J connectivity index is 5.18. The van der Waals surface area contributed by atoms with E-state index in [0.29, 0.717) is 25.7 Å². The molecule has 0 amide bonds. The van der Waals surface area contributed by atoms with Crippen LogP contribution in [-0.4, -0.2) is 96.7 Å². The van der Waals surface area contributed by atoms with Crippen LogP contribution in [0.2, 0.25) is 0 Å². The van der Waals surface area contributed by atoms with Gasteiger partial charge in [0.1, 0.15) is 19.3 Å². The number of esters is 4. The fourth-order valence-corrected chi connectivity index (χ4v) is 14.3. The van der Waals surface area contributed by atoms with Gasteiger partial charge in [-0.25, -0.2) is 9.13 Å². The standard InChI is InChI=1S/C82H160O17P2/c1-7-10-12-14-16-18-19-29-37-42-48-54-60-66-81(86)98-77(70-92-79(84)64-58-52-46-17-15-13-11-8-2)72-96-100(88,89)94-68-76(83)69-95-101(90,91)97-73-78(71-93-80(85)65-59-53-47-41-36-32-28-24-25-30-34-39-44-50-56-62-74(4)5)99-82(87)67-61-55-49-43-38-33-27-23-21-20-22-26-31-35-40-45-51-57-63-75(6)9-3/h74-78,83H,7-73H2,1-6H3,(H,88,89)(H,90,91)/t75?,76-,77+,78+/m0/s1. The third kappa shape index (κ3) is 74.7. The van der Waals surface area contributed by atoms with Crippen LogP contribution in [0.3, 0.4) is 0 Å². The lowest BCUT2D eigenvalue weighted by atomic mass is 9.99. The Hall–Kier alpha value is -1.94. The number of carbonyl (C=O) groups is 4. The highest BCUT2D eigenvalue weighted by atomic mass is 31.2. The highest BCUT2D eigenvalue weighted by molar-refractivity contribution is 7.47. The summed E-state index contributed by atoms with van der Waals surface area (Å²) in [5.74, 6) is -0.432. The Morgan fingerprint density at radius 2 is 0.505 bits per heavy atom. The summed E-state index contributed by atoms with van der Waals surface area (Å²) < 4.78 is 68.6. The molecule has 0 saturated heterocycles. The third-order valence-electron chi connectivity index (χ3n) is 19.6. The van der Waals surface area contributed by atoms with Crippen LogP contribution in [0.5, 0.6) is 0 Å². The van der Waals surface area contributed by atoms with Crippen molar-refractivity contribution in [3.8, 4) is 0 Å². The van der Waals surface area contributed by atoms with Crippen LogP contribution in [0.25, 0.3) is 0 Å². The molecular formula is C82H160O17P2. The molecule has 0 spiro atoms. The summed E-state index contributed by atoms with van der Waals surface area (Å²) in [6.45, 7) is 9.71. The second-order valence-corrected chi connectivity index (χ2v) is 33.1. The molecule has 3 unspecified atom stereocenters. The molecule has 0 aliphatic heterocycles. The van der Waals surface area contributed by atoms with Gasteiger partial charge in [0.2, 0.25) is 0 Å². The van der Waals surface area contributed by atoms with Crippen LogP contribution in [0, 0.1) is 11.8 Å². The first kappa shape index (κ1) is 99.1. The van der Waals surface area contributed by atoms with Crippen LogP contribution in [0.4, 0.5) is 0 Å². The summed E-state index contributed by atoms with van der Waals surface area (Å²) in [6, 6.07) is 0. The topological polar surface area (TPSA) is 237 Å². The zero-order valence-corrected chi connectivity index (χ0v) is 68.0. The molecule has 0 radical (unpaired) electrons. The number of aliphatic hydroxyl groups excluding tert-OH is 1. The fourth-order valence-electron chi connectivity index (χ4n) is 12.7. The molecule has 0 fully saturated rings. The summed E-state index contributed by atoms with van der Waals surface area (Å²) in [4.78, 5) is 72.9. The van der Waals surface area contributed by atoms with Gasteiger partial charge in [0, 0.05) is 25.7 Å². The minimum Gasteiger partial charge on any atom is -0.462 e. The van der Waals surface area contributed by atoms with Crippen molar-refractivity contribution in [2.75, 3.05) is 39.6 Å². The SMILES string of the molecule is CCCCCCCCCCCCCCCC(=O)O[C@H](COC(=O)CCCCCCCCCC)COP(=O)(O)OC[C@H](O)COP(=O)(O)OC[C@@H](COC(=O)CCCCCCCCCCCCCCCCCC(C)C)OC(=O)CCCCCCCCCCCCCCCCCCCCC(C)CC. The highest BCUT2D eigenvalue weighted by Crippen LogP contribution is 2.45. The maximum Gasteiger partial charge on any atom is 0.472 e. The van der Waals surface area contributed by atoms with E-state index in [1.165, 1.54) is 244 Å². The molecule has 600 valence electrons. The molecule has 0 aromatic carbocycles. The Morgan fingerprint density at radius 1 is 0.287 bits per heavy atom. The van der Waals surface area contributed by atoms with E-state index in [4.69, 9.17) is 37.0 Å². The predicted octanol–water partition coefficient (Wildman–Crippen LogP) is 24.7. The van der Waals surface area contributed by atoms with E-state index in [1.807, 2.05) is 0 Å². The van der Waals surface area contributed by atoms with Gasteiger partial charge in [-0.2, -0.15) is 0 Å². The summed E-state index contributed by atoms with van der Waals surface area (Å²) in [5.41, 5.74) is 0. The zero-order valence-electron chi connectivity index (χ0n) is 66.2. The van der Waals surface area contributed by atoms with Crippen LogP contribution in [0.1, 0.15) is 433 Å². The summed E-state index contributed by atoms with van der Waals surface area (Å²) in [7, 11) is -9.92. The van der Waals surface area contributed by atoms with Gasteiger partial charge >= 0.3 is 39.5 Å². The zero-order chi connectivity index (χ0) is 74.2. The van der Waals surface area contributed by atoms with Crippen molar-refractivity contribution in [2.45, 2.75) is 452 Å². The Bertz CT molecular complexity index is 1940. The highest BCUT2D eigenvalue weighted by Gasteiger charge is 2.30. The molecular weight excluding hydrogens is 1320 g/mol. The van der Waals surface area contributed by atoms with Crippen molar-refractivity contribution in [3.63, 3.8) is 0 Å². The Morgan fingerprint density at radius 3 is 0.752 bits per heavy atom. The summed E-state index contributed by atoms with van der Waals surface area (Å²) in [6.07, 6.45) is 63.9. The summed E-state index contributed by atoms with van der Waals surface area (Å²) >= 11 is 0. The lowest BCUT2D eigenvalue weighted by molar-refractivity contribution is -0.161. The van der Waals surface area contributed by atoms with Gasteiger partial charge in [-0.3, -0.25) is 37.3 Å². The lowest BCUT2D eigenvalue weighted by Gasteiger charge is -2.21. The van der Waals surface area contributed by atoms with Crippen molar-refractivity contribution in [1.29, 1.82) is 0 Å². The van der Waals surface area contributed by atoms with Crippen molar-refractivity contribution < 1.29 is 80.2 Å². The van der Waals surface area contributed by atoms with Crippen molar-refractivity contribution >= 4 is 39.5 Å². The number of hydrogen-bond donors (Lipinski definition) is 3. The van der Waals surface area contributed by atoms with Crippen molar-refractivity contribution in [3.05, 3.63) is 0 Å². The van der Waals surface area contributed by atoms with Crippen LogP contribution < -0.4 is 0 Å². The number of hydrogen-bond acceptors (Lipinski definition) is 15. The number of ether oxygens (including phenoxy) is 4. The molecule has 0 saturated carbocycles. The molecule has 0 heterocycles. The molecule has 6 atom stereocenters. The van der Waals surface area contributed by atoms with Gasteiger partial charge in [-0.1, -0.05) is 382 Å². The van der Waals surface area contributed by atoms with Gasteiger partial charge in [-0.05, 0) is 37.5 Å². The summed E-state index contributed by atoms with van der Waals surface area (Å²) in [5, 5.41) is 10.6. The normalized spacial score (nSPS) is 14.2. The second-order valence-electron chi connectivity index (χ2n) is 30.2. The average Bonchev–Trinajstić information content (AvgIpc) is 1.09. The number of rotatable bonds is 81. The van der Waals surface area contributed by atoms with E-state index in [9.17, 15) is 43.2 Å². The lowest BCUT2D eigenvalue weighted by Crippen LogP contribution is -2.30. The van der Waals surface area contributed by atoms with E-state index < -0.39 is 97.5 Å². The molecule has 17 nitrogen and oxygen atoms in total. The van der Waals surface area contributed by atoms with Crippen LogP contribution in [-0.2, 0) is 65.4 Å². The maximum absolute atomic E-state index is 13.1. The number of unbranched alkanes of at least 4 members (excludes halogenated alkanes) is 50. The minimum atomic E-state index is -4.96. The smallest absolute Gasteiger partial charge is 0.462 e. The Kier molecular flexibility index (Phi) is 72.2. The fraction of sp³-hybridized carbons (Fsp3) is 0.951. The molecule has 0 aromatic heterocycles. The maximum atomic E-state index is 13.1. The molecule has 0 rings (SSSR count). The van der Waals surface area contributed by atoms with Gasteiger partial charge in [0.15, 0.2) is 12.2 Å². The molecule has 0 aromatic rings. The monoisotopic (exact) mass is 1480 g/mol. The second kappa shape index (κ2) is 73.6. The number of phosphoric ester groups is 2. The van der Waals surface area contributed by atoms with E-state index in [0.717, 1.165) is 108 Å². The average molecular weight is 1480 g/mol. The molecule has 101 heavy (non-hydrogen) atoms. The van der Waals surface area contributed by atoms with Crippen molar-refractivity contribution in [2.24, 2.45) is 11.8 Å². The van der Waals surface area contributed by atoms with Gasteiger partial charge in [-0.15, -0.1) is 0 Å². The Labute approximate surface area is 619 Å². The quantitative estimate of drug-likeness (QED) is 0.0222. The van der Waals surface area contributed by atoms with E-state index in [-0.39, 0.29) is 25.7 Å².